The molecule has 3 aliphatic heterocycles. The Kier molecular flexibility index (Phi) is 4.70. The van der Waals surface area contributed by atoms with Crippen molar-refractivity contribution < 1.29 is 9.50 Å². The maximum Gasteiger partial charge on any atom is 0.113 e. The van der Waals surface area contributed by atoms with Crippen molar-refractivity contribution >= 4 is 58.2 Å². The zero-order valence-electron chi connectivity index (χ0n) is 14.1. The number of halogens is 1. The molecule has 7 heteroatoms. The molecule has 1 N–H and O–H groups in total. The normalized spacial score (nSPS) is 31.6. The smallest absolute Gasteiger partial charge is 0.113 e. The van der Waals surface area contributed by atoms with Crippen molar-refractivity contribution in [1.82, 2.24) is 4.98 Å². The first-order valence-electron chi connectivity index (χ1n) is 8.80. The number of aliphatic hydroxyl groups is 1. The molecule has 0 spiro atoms. The molecular weight excluding hydrogens is 371 g/mol. The fourth-order valence-electron chi connectivity index (χ4n) is 4.38. The van der Waals surface area contributed by atoms with E-state index in [-0.39, 0.29) is 0 Å². The third kappa shape index (κ3) is 3.52. The topological polar surface area (TPSA) is 33.1 Å². The molecule has 1 aromatic heterocycles. The number of benzene rings is 1. The number of rotatable bonds is 5. The van der Waals surface area contributed by atoms with Crippen molar-refractivity contribution in [2.75, 3.05) is 19.6 Å². The van der Waals surface area contributed by atoms with E-state index in [1.165, 1.54) is 0 Å². The highest BCUT2D eigenvalue weighted by atomic mass is 35.5. The van der Waals surface area contributed by atoms with Gasteiger partial charge in [-0.1, -0.05) is 29.9 Å². The van der Waals surface area contributed by atoms with Gasteiger partial charge in [0.05, 0.1) is 21.3 Å². The van der Waals surface area contributed by atoms with Crippen molar-refractivity contribution in [3.8, 4) is 0 Å². The monoisotopic (exact) mass is 391 g/mol. The number of hydrogen-bond donors (Lipinski definition) is 1. The maximum atomic E-state index is 11.1. The van der Waals surface area contributed by atoms with Gasteiger partial charge in [0.2, 0.25) is 0 Å². The maximum absolute atomic E-state index is 11.1. The summed E-state index contributed by atoms with van der Waals surface area (Å²) in [4.78, 5) is 5.57. The molecule has 5 rings (SSSR count). The van der Waals surface area contributed by atoms with Gasteiger partial charge in [0.15, 0.2) is 0 Å². The van der Waals surface area contributed by atoms with Crippen LogP contribution >= 0.6 is 35.2 Å². The van der Waals surface area contributed by atoms with Crippen molar-refractivity contribution in [3.63, 3.8) is 0 Å². The number of nitrogens with zero attached hydrogens (tertiary/aromatic N) is 2. The molecule has 3 nitrogen and oxygen atoms in total. The second kappa shape index (κ2) is 6.57. The number of fused-ring (bicyclic) bond motifs is 4. The van der Waals surface area contributed by atoms with E-state index in [4.69, 9.17) is 31.8 Å². The van der Waals surface area contributed by atoms with Crippen molar-refractivity contribution in [2.45, 2.75) is 37.7 Å². The second-order valence-electron chi connectivity index (χ2n) is 7.61. The van der Waals surface area contributed by atoms with Crippen LogP contribution in [0.2, 0.25) is 5.02 Å². The molecule has 2 aromatic rings. The number of para-hydroxylation sites is 1. The summed E-state index contributed by atoms with van der Waals surface area (Å²) in [7, 11) is 6.38. The molecule has 25 heavy (non-hydrogen) atoms. The van der Waals surface area contributed by atoms with Crippen LogP contribution in [0.5, 0.6) is 0 Å². The van der Waals surface area contributed by atoms with Gasteiger partial charge in [0.25, 0.3) is 0 Å². The number of thiazole rings is 1. The van der Waals surface area contributed by atoms with E-state index in [1.54, 1.807) is 11.3 Å². The average Bonchev–Trinajstić information content (AvgIpc) is 2.97. The summed E-state index contributed by atoms with van der Waals surface area (Å²) in [5.74, 6) is 0.375. The molecule has 131 valence electrons. The molecule has 3 aliphatic rings. The van der Waals surface area contributed by atoms with Gasteiger partial charge in [-0.05, 0) is 42.7 Å². The first kappa shape index (κ1) is 17.9. The zero-order chi connectivity index (χ0) is 17.7. The lowest BCUT2D eigenvalue weighted by Crippen LogP contribution is -2.68. The first-order valence-corrected chi connectivity index (χ1v) is 10.4. The summed E-state index contributed by atoms with van der Waals surface area (Å²) in [5, 5.41) is 12.8. The molecular formula is C18H21BClN2OS2. The predicted octanol–water partition coefficient (Wildman–Crippen LogP) is 3.70. The lowest BCUT2D eigenvalue weighted by atomic mass is 9.69. The minimum Gasteiger partial charge on any atom is -0.586 e. The standard InChI is InChI=1S/C18H21BClN2OS2/c19-22-8-5-12(6-9-22)18(23,11-22)7-4-13(24)10-16-21-17-14(20)2-1-3-15(17)25-16/h1-3,12,23H,4-11H2. The fourth-order valence-corrected chi connectivity index (χ4v) is 6.02. The number of piperidine rings is 3. The van der Waals surface area contributed by atoms with Gasteiger partial charge in [-0.2, -0.15) is 0 Å². The van der Waals surface area contributed by atoms with E-state index in [0.29, 0.717) is 34.7 Å². The highest BCUT2D eigenvalue weighted by Gasteiger charge is 2.47. The number of thiocarbonyl (C=S) groups is 1. The molecule has 0 amide bonds. The molecule has 0 aliphatic carbocycles. The summed E-state index contributed by atoms with van der Waals surface area (Å²) < 4.78 is 1.62. The number of aromatic nitrogens is 1. The van der Waals surface area contributed by atoms with Crippen LogP contribution in [0.1, 0.15) is 30.7 Å². The summed E-state index contributed by atoms with van der Waals surface area (Å²) in [6.07, 6.45) is 4.17. The van der Waals surface area contributed by atoms with Gasteiger partial charge in [-0.25, -0.2) is 13.0 Å². The van der Waals surface area contributed by atoms with Crippen molar-refractivity contribution in [2.24, 2.45) is 5.92 Å². The summed E-state index contributed by atoms with van der Waals surface area (Å²) in [6, 6.07) is 5.84. The fraction of sp³-hybridized carbons (Fsp3) is 0.556. The molecule has 3 saturated heterocycles. The highest BCUT2D eigenvalue weighted by molar-refractivity contribution is 7.80. The summed E-state index contributed by atoms with van der Waals surface area (Å²) in [5.41, 5.74) is 0.198. The minimum atomic E-state index is -0.661. The van der Waals surface area contributed by atoms with E-state index in [9.17, 15) is 5.11 Å². The first-order chi connectivity index (χ1) is 11.9. The molecule has 1 aromatic carbocycles. The third-order valence-electron chi connectivity index (χ3n) is 5.79. The van der Waals surface area contributed by atoms with E-state index in [0.717, 1.165) is 52.4 Å². The lowest BCUT2D eigenvalue weighted by molar-refractivity contribution is -0.846. The van der Waals surface area contributed by atoms with E-state index in [2.05, 4.69) is 4.98 Å². The van der Waals surface area contributed by atoms with Crippen LogP contribution in [0, 0.1) is 5.92 Å². The Morgan fingerprint density at radius 3 is 2.88 bits per heavy atom. The van der Waals surface area contributed by atoms with Gasteiger partial charge in [-0.3, -0.25) is 0 Å². The Hall–Kier alpha value is -0.525. The molecule has 4 heterocycles. The van der Waals surface area contributed by atoms with E-state index in [1.807, 2.05) is 18.2 Å². The Labute approximate surface area is 164 Å². The Balaban J connectivity index is 1.40. The molecule has 0 saturated carbocycles. The van der Waals surface area contributed by atoms with Crippen LogP contribution in [0.25, 0.3) is 10.2 Å². The van der Waals surface area contributed by atoms with E-state index >= 15 is 0 Å². The lowest BCUT2D eigenvalue weighted by Gasteiger charge is -2.64. The van der Waals surface area contributed by atoms with Crippen molar-refractivity contribution in [1.29, 1.82) is 0 Å². The van der Waals surface area contributed by atoms with Gasteiger partial charge in [0, 0.05) is 25.4 Å². The minimum absolute atomic E-state index is 0.375. The summed E-state index contributed by atoms with van der Waals surface area (Å²) in [6.45, 7) is 2.64. The third-order valence-corrected chi connectivity index (χ3v) is 7.47. The van der Waals surface area contributed by atoms with Gasteiger partial charge in [0.1, 0.15) is 11.1 Å². The molecule has 3 radical (unpaired) electrons. The Morgan fingerprint density at radius 2 is 2.20 bits per heavy atom. The van der Waals surface area contributed by atoms with Crippen LogP contribution in [0.4, 0.5) is 0 Å². The van der Waals surface area contributed by atoms with Gasteiger partial charge in [-0.15, -0.1) is 11.3 Å². The number of hydrogen-bond acceptors (Lipinski definition) is 4. The van der Waals surface area contributed by atoms with Crippen LogP contribution in [0.15, 0.2) is 18.2 Å². The Morgan fingerprint density at radius 1 is 1.44 bits per heavy atom. The Bertz CT molecular complexity index is 819. The largest absolute Gasteiger partial charge is 0.586 e. The molecule has 3 fully saturated rings. The highest BCUT2D eigenvalue weighted by Crippen LogP contribution is 2.41. The zero-order valence-corrected chi connectivity index (χ0v) is 16.5. The average molecular weight is 392 g/mol. The van der Waals surface area contributed by atoms with Gasteiger partial charge >= 0.3 is 0 Å². The van der Waals surface area contributed by atoms with Crippen LogP contribution in [-0.2, 0) is 6.42 Å². The van der Waals surface area contributed by atoms with Crippen molar-refractivity contribution in [3.05, 3.63) is 28.2 Å². The second-order valence-corrected chi connectivity index (χ2v) is 9.71. The van der Waals surface area contributed by atoms with Crippen LogP contribution in [-0.4, -0.2) is 52.6 Å². The van der Waals surface area contributed by atoms with E-state index < -0.39 is 5.60 Å². The SMILES string of the molecule is [B-][N+]12CCC(CC1)C(O)(CCC(=S)Cc1nc3c(Cl)cccc3s1)C2. The quantitative estimate of drug-likeness (QED) is 0.623. The molecule has 1 unspecified atom stereocenters. The predicted molar refractivity (Wildman–Crippen MR) is 108 cm³/mol. The van der Waals surface area contributed by atoms with Crippen LogP contribution in [0.3, 0.4) is 0 Å². The molecule has 1 atom stereocenters. The summed E-state index contributed by atoms with van der Waals surface area (Å²) >= 11 is 13.4. The van der Waals surface area contributed by atoms with Gasteiger partial charge < -0.3 is 9.50 Å². The number of quaternary nitrogens is 1. The van der Waals surface area contributed by atoms with Crippen LogP contribution < -0.4 is 0 Å². The molecule has 2 bridgehead atoms.